The molecule has 1 fully saturated rings. The van der Waals surface area contributed by atoms with Crippen LogP contribution in [0.3, 0.4) is 0 Å². The molecule has 1 saturated carbocycles. The van der Waals surface area contributed by atoms with Crippen LogP contribution < -0.4 is 10.6 Å². The van der Waals surface area contributed by atoms with E-state index < -0.39 is 12.1 Å². The van der Waals surface area contributed by atoms with Crippen molar-refractivity contribution in [2.45, 2.75) is 31.2 Å². The molecule has 2 atom stereocenters. The average molecular weight is 471 g/mol. The summed E-state index contributed by atoms with van der Waals surface area (Å²) in [5.74, 6) is -1.37. The monoisotopic (exact) mass is 470 g/mol. The van der Waals surface area contributed by atoms with Gasteiger partial charge in [0.1, 0.15) is 6.61 Å². The fraction of sp³-hybridized carbons (Fsp3) is 0.250. The first-order valence-electron chi connectivity index (χ1n) is 11.8. The van der Waals surface area contributed by atoms with E-state index in [0.717, 1.165) is 11.1 Å². The number of hydrogen-bond donors (Lipinski definition) is 3. The van der Waals surface area contributed by atoms with Crippen LogP contribution in [0.1, 0.15) is 46.7 Å². The third-order valence-electron chi connectivity index (χ3n) is 6.87. The molecule has 0 radical (unpaired) electrons. The Labute approximate surface area is 203 Å². The highest BCUT2D eigenvalue weighted by molar-refractivity contribution is 5.94. The molecular formula is C28H26N2O5. The molecule has 3 aromatic rings. The van der Waals surface area contributed by atoms with Crippen LogP contribution in [0.5, 0.6) is 0 Å². The molecule has 178 valence electrons. The minimum Gasteiger partial charge on any atom is -0.478 e. The number of nitrogens with one attached hydrogen (secondary N) is 2. The van der Waals surface area contributed by atoms with Gasteiger partial charge in [0, 0.05) is 23.6 Å². The van der Waals surface area contributed by atoms with Gasteiger partial charge in [0.05, 0.1) is 5.56 Å². The maximum absolute atomic E-state index is 12.6. The number of hydrogen-bond acceptors (Lipinski definition) is 4. The number of ether oxygens (including phenoxy) is 1. The van der Waals surface area contributed by atoms with Crippen LogP contribution in [0, 0.1) is 5.92 Å². The number of carboxylic acid groups (broad SMARTS) is 1. The fourth-order valence-corrected chi connectivity index (χ4v) is 5.10. The summed E-state index contributed by atoms with van der Waals surface area (Å²) < 4.78 is 5.62. The SMILES string of the molecule is O=C(N[C@H]1CC[C@@H](C(=O)Nc2ccc(C(=O)O)cc2)C1)OCC1c2ccccc2-c2ccccc21. The molecule has 7 nitrogen and oxygen atoms in total. The van der Waals surface area contributed by atoms with E-state index in [1.807, 2.05) is 24.3 Å². The predicted molar refractivity (Wildman–Crippen MR) is 131 cm³/mol. The zero-order valence-electron chi connectivity index (χ0n) is 19.1. The third-order valence-corrected chi connectivity index (χ3v) is 6.87. The molecule has 0 unspecified atom stereocenters. The van der Waals surface area contributed by atoms with Crippen LogP contribution in [0.4, 0.5) is 10.5 Å². The lowest BCUT2D eigenvalue weighted by Gasteiger charge is -2.17. The number of rotatable bonds is 6. The highest BCUT2D eigenvalue weighted by Gasteiger charge is 2.32. The van der Waals surface area contributed by atoms with Crippen molar-refractivity contribution in [1.29, 1.82) is 0 Å². The summed E-state index contributed by atoms with van der Waals surface area (Å²) in [6.07, 6.45) is 1.42. The van der Waals surface area contributed by atoms with Crippen LogP contribution in [-0.2, 0) is 9.53 Å². The Hall–Kier alpha value is -4.13. The molecule has 2 aliphatic rings. The minimum absolute atomic E-state index is 0.00256. The molecule has 0 saturated heterocycles. The molecule has 2 aliphatic carbocycles. The standard InChI is InChI=1S/C28H26N2O5/c31-26(29-19-12-9-17(10-13-19)27(32)33)18-11-14-20(15-18)30-28(34)35-16-25-23-7-3-1-5-21(23)22-6-2-4-8-24(22)25/h1-10,12-13,18,20,25H,11,14-16H2,(H,29,31)(H,30,34)(H,32,33)/t18-,20+/m1/s1. The van der Waals surface area contributed by atoms with E-state index in [1.54, 1.807) is 12.1 Å². The van der Waals surface area contributed by atoms with Crippen molar-refractivity contribution in [3.63, 3.8) is 0 Å². The lowest BCUT2D eigenvalue weighted by molar-refractivity contribution is -0.119. The van der Waals surface area contributed by atoms with E-state index in [2.05, 4.69) is 34.9 Å². The van der Waals surface area contributed by atoms with Crippen LogP contribution >= 0.6 is 0 Å². The number of fused-ring (bicyclic) bond motifs is 3. The second-order valence-corrected chi connectivity index (χ2v) is 9.05. The Morgan fingerprint density at radius 3 is 2.11 bits per heavy atom. The van der Waals surface area contributed by atoms with Crippen LogP contribution in [0.15, 0.2) is 72.8 Å². The third kappa shape index (κ3) is 4.75. The zero-order valence-corrected chi connectivity index (χ0v) is 19.1. The highest BCUT2D eigenvalue weighted by atomic mass is 16.5. The van der Waals surface area contributed by atoms with Crippen LogP contribution in [-0.4, -0.2) is 35.7 Å². The Bertz CT molecular complexity index is 1220. The van der Waals surface area contributed by atoms with Gasteiger partial charge >= 0.3 is 12.1 Å². The van der Waals surface area contributed by atoms with E-state index in [0.29, 0.717) is 24.9 Å². The van der Waals surface area contributed by atoms with E-state index in [-0.39, 0.29) is 36.0 Å². The van der Waals surface area contributed by atoms with Gasteiger partial charge in [0.2, 0.25) is 5.91 Å². The first-order chi connectivity index (χ1) is 17.0. The Kier molecular flexibility index (Phi) is 6.23. The molecule has 35 heavy (non-hydrogen) atoms. The number of carbonyl (C=O) groups is 3. The van der Waals surface area contributed by atoms with Gasteiger partial charge in [-0.2, -0.15) is 0 Å². The normalized spacial score (nSPS) is 18.4. The van der Waals surface area contributed by atoms with Crippen molar-refractivity contribution >= 4 is 23.7 Å². The minimum atomic E-state index is -1.01. The van der Waals surface area contributed by atoms with Crippen LogP contribution in [0.2, 0.25) is 0 Å². The average Bonchev–Trinajstić information content (AvgIpc) is 3.46. The number of carbonyl (C=O) groups excluding carboxylic acids is 2. The summed E-state index contributed by atoms with van der Waals surface area (Å²) in [5.41, 5.74) is 5.40. The maximum atomic E-state index is 12.6. The van der Waals surface area contributed by atoms with E-state index >= 15 is 0 Å². The summed E-state index contributed by atoms with van der Waals surface area (Å²) in [5, 5.41) is 14.7. The molecule has 3 N–H and O–H groups in total. The Morgan fingerprint density at radius 2 is 1.49 bits per heavy atom. The lowest BCUT2D eigenvalue weighted by atomic mass is 9.98. The first kappa shape index (κ1) is 22.7. The molecule has 0 aliphatic heterocycles. The number of anilines is 1. The molecule has 3 aromatic carbocycles. The van der Waals surface area contributed by atoms with Gasteiger partial charge in [0.15, 0.2) is 0 Å². The molecule has 2 amide bonds. The summed E-state index contributed by atoms with van der Waals surface area (Å²) in [6.45, 7) is 0.253. The summed E-state index contributed by atoms with van der Waals surface area (Å²) >= 11 is 0. The summed E-state index contributed by atoms with van der Waals surface area (Å²) in [4.78, 5) is 36.1. The van der Waals surface area contributed by atoms with Gasteiger partial charge in [-0.05, 0) is 65.8 Å². The topological polar surface area (TPSA) is 105 Å². The number of benzene rings is 3. The van der Waals surface area contributed by atoms with Gasteiger partial charge in [-0.3, -0.25) is 4.79 Å². The second-order valence-electron chi connectivity index (χ2n) is 9.05. The first-order valence-corrected chi connectivity index (χ1v) is 11.8. The van der Waals surface area contributed by atoms with Crippen molar-refractivity contribution in [2.75, 3.05) is 11.9 Å². The van der Waals surface area contributed by atoms with Crippen molar-refractivity contribution < 1.29 is 24.2 Å². The number of alkyl carbamates (subject to hydrolysis) is 1. The maximum Gasteiger partial charge on any atom is 0.407 e. The number of aromatic carboxylic acids is 1. The fourth-order valence-electron chi connectivity index (χ4n) is 5.10. The predicted octanol–water partition coefficient (Wildman–Crippen LogP) is 5.03. The molecule has 5 rings (SSSR count). The smallest absolute Gasteiger partial charge is 0.407 e. The second kappa shape index (κ2) is 9.62. The van der Waals surface area contributed by atoms with Crippen LogP contribution in [0.25, 0.3) is 11.1 Å². The largest absolute Gasteiger partial charge is 0.478 e. The number of carboxylic acids is 1. The van der Waals surface area contributed by atoms with E-state index in [1.165, 1.54) is 23.3 Å². The zero-order chi connectivity index (χ0) is 24.4. The number of amides is 2. The van der Waals surface area contributed by atoms with Gasteiger partial charge in [-0.25, -0.2) is 9.59 Å². The van der Waals surface area contributed by atoms with Crippen molar-refractivity contribution in [3.05, 3.63) is 89.5 Å². The van der Waals surface area contributed by atoms with Gasteiger partial charge in [-0.15, -0.1) is 0 Å². The molecule has 0 bridgehead atoms. The molecule has 0 aromatic heterocycles. The van der Waals surface area contributed by atoms with Crippen molar-refractivity contribution in [3.8, 4) is 11.1 Å². The Morgan fingerprint density at radius 1 is 0.857 bits per heavy atom. The van der Waals surface area contributed by atoms with Gasteiger partial charge < -0.3 is 20.5 Å². The lowest BCUT2D eigenvalue weighted by Crippen LogP contribution is -2.35. The molecule has 0 heterocycles. The van der Waals surface area contributed by atoms with Gasteiger partial charge in [0.25, 0.3) is 0 Å². The van der Waals surface area contributed by atoms with E-state index in [9.17, 15) is 14.4 Å². The summed E-state index contributed by atoms with van der Waals surface area (Å²) in [6, 6.07) is 22.3. The molecule has 0 spiro atoms. The Balaban J connectivity index is 1.13. The summed E-state index contributed by atoms with van der Waals surface area (Å²) in [7, 11) is 0. The van der Waals surface area contributed by atoms with Crippen molar-refractivity contribution in [1.82, 2.24) is 5.32 Å². The van der Waals surface area contributed by atoms with Gasteiger partial charge in [-0.1, -0.05) is 48.5 Å². The molecular weight excluding hydrogens is 444 g/mol. The van der Waals surface area contributed by atoms with E-state index in [4.69, 9.17) is 9.84 Å². The highest BCUT2D eigenvalue weighted by Crippen LogP contribution is 2.44. The van der Waals surface area contributed by atoms with Crippen molar-refractivity contribution in [2.24, 2.45) is 5.92 Å². The quantitative estimate of drug-likeness (QED) is 0.469. The molecule has 7 heteroatoms.